The van der Waals surface area contributed by atoms with Gasteiger partial charge in [0.05, 0.1) is 18.7 Å². The number of likely N-dealkylation sites (tertiary alicyclic amines) is 1. The molecule has 3 N–H and O–H groups in total. The fourth-order valence-corrected chi connectivity index (χ4v) is 3.08. The first-order valence-corrected chi connectivity index (χ1v) is 8.42. The van der Waals surface area contributed by atoms with Crippen LogP contribution in [-0.4, -0.2) is 77.6 Å². The second-order valence-corrected chi connectivity index (χ2v) is 6.74. The van der Waals surface area contributed by atoms with Crippen LogP contribution in [0, 0.1) is 0 Å². The number of carbonyl (C=O) groups excluding carboxylic acids is 2. The zero-order valence-electron chi connectivity index (χ0n) is 14.5. The van der Waals surface area contributed by atoms with Gasteiger partial charge in [0.15, 0.2) is 0 Å². The molecule has 1 saturated heterocycles. The van der Waals surface area contributed by atoms with Crippen LogP contribution in [0.15, 0.2) is 30.5 Å². The maximum Gasteiger partial charge on any atom is 0.251 e. The molecule has 2 heterocycles. The van der Waals surface area contributed by atoms with Gasteiger partial charge in [-0.2, -0.15) is 0 Å². The third-order valence-corrected chi connectivity index (χ3v) is 4.66. The van der Waals surface area contributed by atoms with Crippen molar-refractivity contribution in [1.29, 1.82) is 0 Å². The number of aliphatic hydroxyl groups excluding tert-OH is 1. The lowest BCUT2D eigenvalue weighted by Crippen LogP contribution is -2.55. The zero-order chi connectivity index (χ0) is 18.0. The van der Waals surface area contributed by atoms with Gasteiger partial charge in [0.25, 0.3) is 5.91 Å². The zero-order valence-corrected chi connectivity index (χ0v) is 14.5. The molecule has 25 heavy (non-hydrogen) atoms. The number of β-amino-alcohol motifs (C(OH)–C–C–N with tert-alkyl or cyclic N) is 1. The number of aromatic nitrogens is 1. The third-order valence-electron chi connectivity index (χ3n) is 4.66. The van der Waals surface area contributed by atoms with Crippen LogP contribution < -0.4 is 5.32 Å². The molecule has 1 fully saturated rings. The Labute approximate surface area is 146 Å². The van der Waals surface area contributed by atoms with Crippen LogP contribution in [0.4, 0.5) is 0 Å². The molecule has 1 aliphatic rings. The molecular formula is C18H24N4O3. The van der Waals surface area contributed by atoms with Crippen molar-refractivity contribution in [1.82, 2.24) is 20.1 Å². The molecule has 0 spiro atoms. The highest BCUT2D eigenvalue weighted by molar-refractivity contribution is 5.98. The van der Waals surface area contributed by atoms with Gasteiger partial charge in [0.1, 0.15) is 0 Å². The number of nitrogens with one attached hydrogen (secondary N) is 2. The van der Waals surface area contributed by atoms with E-state index in [4.69, 9.17) is 0 Å². The standard InChI is InChI=1S/C18H24N4O3/c1-21(2)17(24)11-22-8-6-14(16(23)10-22)20-18(25)13-4-3-12-5-7-19-15(12)9-13/h3-5,7,9,14,16,19,23H,6,8,10-11H2,1-2H3,(H,20,25)/t14-,16-/m1/s1. The van der Waals surface area contributed by atoms with Crippen LogP contribution in [0.1, 0.15) is 16.8 Å². The van der Waals surface area contributed by atoms with E-state index in [1.165, 1.54) is 4.90 Å². The predicted octanol–water partition coefficient (Wildman–Crippen LogP) is 0.421. The number of rotatable bonds is 4. The van der Waals surface area contributed by atoms with E-state index in [2.05, 4.69) is 10.3 Å². The van der Waals surface area contributed by atoms with Gasteiger partial charge in [0, 0.05) is 44.5 Å². The number of benzene rings is 1. The summed E-state index contributed by atoms with van der Waals surface area (Å²) in [5.41, 5.74) is 1.47. The number of carbonyl (C=O) groups is 2. The molecule has 2 amide bonds. The third kappa shape index (κ3) is 4.00. The first-order chi connectivity index (χ1) is 11.9. The lowest BCUT2D eigenvalue weighted by Gasteiger charge is -2.36. The number of amides is 2. The highest BCUT2D eigenvalue weighted by atomic mass is 16.3. The smallest absolute Gasteiger partial charge is 0.251 e. The minimum Gasteiger partial charge on any atom is -0.390 e. The molecule has 2 aromatic rings. The number of likely N-dealkylation sites (N-methyl/N-ethyl adjacent to an activating group) is 1. The summed E-state index contributed by atoms with van der Waals surface area (Å²) in [5.74, 6) is -0.188. The first-order valence-electron chi connectivity index (χ1n) is 8.42. The van der Waals surface area contributed by atoms with Gasteiger partial charge in [0.2, 0.25) is 5.91 Å². The van der Waals surface area contributed by atoms with Crippen molar-refractivity contribution < 1.29 is 14.7 Å². The van der Waals surface area contributed by atoms with Crippen LogP contribution in [0.5, 0.6) is 0 Å². The van der Waals surface area contributed by atoms with Crippen molar-refractivity contribution in [2.24, 2.45) is 0 Å². The van der Waals surface area contributed by atoms with E-state index in [1.54, 1.807) is 20.2 Å². The molecule has 1 aliphatic heterocycles. The van der Waals surface area contributed by atoms with Gasteiger partial charge >= 0.3 is 0 Å². The normalized spacial score (nSPS) is 21.2. The van der Waals surface area contributed by atoms with Gasteiger partial charge in [-0.3, -0.25) is 14.5 Å². The largest absolute Gasteiger partial charge is 0.390 e. The maximum atomic E-state index is 12.5. The van der Waals surface area contributed by atoms with E-state index in [1.807, 2.05) is 29.3 Å². The van der Waals surface area contributed by atoms with Crippen LogP contribution in [0.3, 0.4) is 0 Å². The van der Waals surface area contributed by atoms with Crippen LogP contribution in [0.25, 0.3) is 10.9 Å². The Hall–Kier alpha value is -2.38. The average molecular weight is 344 g/mol. The second-order valence-electron chi connectivity index (χ2n) is 6.74. The lowest BCUT2D eigenvalue weighted by atomic mass is 10.0. The van der Waals surface area contributed by atoms with Crippen molar-refractivity contribution in [2.45, 2.75) is 18.6 Å². The monoisotopic (exact) mass is 344 g/mol. The van der Waals surface area contributed by atoms with Gasteiger partial charge < -0.3 is 20.3 Å². The van der Waals surface area contributed by atoms with Crippen molar-refractivity contribution in [2.75, 3.05) is 33.7 Å². The van der Waals surface area contributed by atoms with E-state index >= 15 is 0 Å². The summed E-state index contributed by atoms with van der Waals surface area (Å²) in [6, 6.07) is 7.13. The van der Waals surface area contributed by atoms with Crippen molar-refractivity contribution >= 4 is 22.7 Å². The van der Waals surface area contributed by atoms with Gasteiger partial charge in [-0.1, -0.05) is 6.07 Å². The highest BCUT2D eigenvalue weighted by Crippen LogP contribution is 2.16. The number of hydrogen-bond acceptors (Lipinski definition) is 4. The highest BCUT2D eigenvalue weighted by Gasteiger charge is 2.30. The van der Waals surface area contributed by atoms with Gasteiger partial charge in [-0.05, 0) is 30.0 Å². The number of H-pyrrole nitrogens is 1. The molecule has 7 nitrogen and oxygen atoms in total. The number of aromatic amines is 1. The summed E-state index contributed by atoms with van der Waals surface area (Å²) in [4.78, 5) is 30.8. The van der Waals surface area contributed by atoms with E-state index in [-0.39, 0.29) is 24.4 Å². The summed E-state index contributed by atoms with van der Waals surface area (Å²) in [6.07, 6.45) is 1.75. The van der Waals surface area contributed by atoms with E-state index in [9.17, 15) is 14.7 Å². The molecular weight excluding hydrogens is 320 g/mol. The SMILES string of the molecule is CN(C)C(=O)CN1CC[C@@H](NC(=O)c2ccc3cc[nH]c3c2)[C@H](O)C1. The molecule has 0 aliphatic carbocycles. The van der Waals surface area contributed by atoms with E-state index < -0.39 is 6.10 Å². The molecule has 0 unspecified atom stereocenters. The Balaban J connectivity index is 1.58. The van der Waals surface area contributed by atoms with Crippen molar-refractivity contribution in [3.8, 4) is 0 Å². The summed E-state index contributed by atoms with van der Waals surface area (Å²) >= 11 is 0. The summed E-state index contributed by atoms with van der Waals surface area (Å²) < 4.78 is 0. The Morgan fingerprint density at radius 3 is 2.88 bits per heavy atom. The fraction of sp³-hybridized carbons (Fsp3) is 0.444. The quantitative estimate of drug-likeness (QED) is 0.750. The van der Waals surface area contributed by atoms with Gasteiger partial charge in [-0.25, -0.2) is 0 Å². The molecule has 1 aromatic carbocycles. The first kappa shape index (κ1) is 17.4. The Morgan fingerprint density at radius 1 is 1.36 bits per heavy atom. The summed E-state index contributed by atoms with van der Waals surface area (Å²) in [7, 11) is 3.43. The Kier molecular flexibility index (Phi) is 5.06. The molecule has 134 valence electrons. The second kappa shape index (κ2) is 7.25. The number of aliphatic hydroxyl groups is 1. The number of piperidine rings is 1. The lowest BCUT2D eigenvalue weighted by molar-refractivity contribution is -0.130. The van der Waals surface area contributed by atoms with E-state index in [0.717, 1.165) is 10.9 Å². The average Bonchev–Trinajstić information content (AvgIpc) is 3.04. The van der Waals surface area contributed by atoms with Gasteiger partial charge in [-0.15, -0.1) is 0 Å². The Morgan fingerprint density at radius 2 is 2.16 bits per heavy atom. The van der Waals surface area contributed by atoms with Crippen LogP contribution in [0.2, 0.25) is 0 Å². The number of nitrogens with zero attached hydrogens (tertiary/aromatic N) is 2. The number of hydrogen-bond donors (Lipinski definition) is 3. The maximum absolute atomic E-state index is 12.5. The molecule has 1 aromatic heterocycles. The molecule has 0 saturated carbocycles. The predicted molar refractivity (Wildman–Crippen MR) is 95.3 cm³/mol. The molecule has 2 atom stereocenters. The molecule has 0 bridgehead atoms. The molecule has 3 rings (SSSR count). The fourth-order valence-electron chi connectivity index (χ4n) is 3.08. The summed E-state index contributed by atoms with van der Waals surface area (Å²) in [6.45, 7) is 1.33. The van der Waals surface area contributed by atoms with Crippen molar-refractivity contribution in [3.05, 3.63) is 36.0 Å². The summed E-state index contributed by atoms with van der Waals surface area (Å²) in [5, 5.41) is 14.3. The minimum atomic E-state index is -0.693. The molecule has 0 radical (unpaired) electrons. The van der Waals surface area contributed by atoms with E-state index in [0.29, 0.717) is 25.1 Å². The van der Waals surface area contributed by atoms with Crippen molar-refractivity contribution in [3.63, 3.8) is 0 Å². The van der Waals surface area contributed by atoms with Crippen LogP contribution in [-0.2, 0) is 4.79 Å². The molecule has 7 heteroatoms. The Bertz CT molecular complexity index is 771. The minimum absolute atomic E-state index is 0.00827. The van der Waals surface area contributed by atoms with Crippen LogP contribution >= 0.6 is 0 Å². The number of fused-ring (bicyclic) bond motifs is 1. The topological polar surface area (TPSA) is 88.7 Å².